The first-order valence-corrected chi connectivity index (χ1v) is 6.09. The molecule has 16 heavy (non-hydrogen) atoms. The standard InChI is InChI=1S/C14H23NO/c1-4-8-13-9-5-6-10-14(13)16-12-7-11-15(2)3/h5-6,9-10H,4,7-8,11-12H2,1-3H3. The van der Waals surface area contributed by atoms with Crippen molar-refractivity contribution < 1.29 is 4.74 Å². The van der Waals surface area contributed by atoms with Crippen molar-refractivity contribution in [2.75, 3.05) is 27.2 Å². The van der Waals surface area contributed by atoms with Crippen molar-refractivity contribution in [1.82, 2.24) is 4.90 Å². The van der Waals surface area contributed by atoms with Gasteiger partial charge in [-0.05, 0) is 38.6 Å². The highest BCUT2D eigenvalue weighted by molar-refractivity contribution is 5.33. The van der Waals surface area contributed by atoms with Gasteiger partial charge in [-0.15, -0.1) is 0 Å². The molecular formula is C14H23NO. The molecule has 0 bridgehead atoms. The second kappa shape index (κ2) is 7.29. The van der Waals surface area contributed by atoms with Gasteiger partial charge in [-0.1, -0.05) is 31.5 Å². The molecule has 0 atom stereocenters. The third kappa shape index (κ3) is 4.67. The number of ether oxygens (including phenoxy) is 1. The van der Waals surface area contributed by atoms with Crippen molar-refractivity contribution in [3.05, 3.63) is 29.8 Å². The van der Waals surface area contributed by atoms with Crippen LogP contribution in [0.15, 0.2) is 24.3 Å². The minimum Gasteiger partial charge on any atom is -0.493 e. The van der Waals surface area contributed by atoms with Gasteiger partial charge in [-0.25, -0.2) is 0 Å². The molecule has 0 spiro atoms. The van der Waals surface area contributed by atoms with Crippen LogP contribution in [0.4, 0.5) is 0 Å². The van der Waals surface area contributed by atoms with Gasteiger partial charge in [0.05, 0.1) is 6.61 Å². The van der Waals surface area contributed by atoms with Crippen LogP contribution in [0.25, 0.3) is 0 Å². The second-order valence-electron chi connectivity index (χ2n) is 4.36. The molecule has 2 nitrogen and oxygen atoms in total. The van der Waals surface area contributed by atoms with Crippen LogP contribution in [-0.2, 0) is 6.42 Å². The molecule has 0 fully saturated rings. The van der Waals surface area contributed by atoms with E-state index < -0.39 is 0 Å². The molecule has 1 aromatic rings. The van der Waals surface area contributed by atoms with Gasteiger partial charge in [-0.3, -0.25) is 0 Å². The van der Waals surface area contributed by atoms with Gasteiger partial charge in [-0.2, -0.15) is 0 Å². The van der Waals surface area contributed by atoms with Crippen LogP contribution in [0.5, 0.6) is 5.75 Å². The third-order valence-electron chi connectivity index (χ3n) is 2.50. The summed E-state index contributed by atoms with van der Waals surface area (Å²) in [4.78, 5) is 2.18. The van der Waals surface area contributed by atoms with E-state index in [0.717, 1.165) is 38.2 Å². The SMILES string of the molecule is CCCc1ccccc1OCCCN(C)C. The maximum Gasteiger partial charge on any atom is 0.122 e. The van der Waals surface area contributed by atoms with E-state index in [1.165, 1.54) is 5.56 Å². The Kier molecular flexibility index (Phi) is 5.94. The molecule has 90 valence electrons. The zero-order valence-corrected chi connectivity index (χ0v) is 10.7. The molecule has 0 amide bonds. The Labute approximate surface area is 99.2 Å². The lowest BCUT2D eigenvalue weighted by Crippen LogP contribution is -2.15. The van der Waals surface area contributed by atoms with E-state index in [9.17, 15) is 0 Å². The minimum atomic E-state index is 0.804. The fourth-order valence-electron chi connectivity index (χ4n) is 1.68. The summed E-state index contributed by atoms with van der Waals surface area (Å²) in [6.07, 6.45) is 3.34. The van der Waals surface area contributed by atoms with Crippen LogP contribution in [0.2, 0.25) is 0 Å². The highest BCUT2D eigenvalue weighted by Crippen LogP contribution is 2.19. The largest absolute Gasteiger partial charge is 0.493 e. The average molecular weight is 221 g/mol. The van der Waals surface area contributed by atoms with E-state index in [-0.39, 0.29) is 0 Å². The number of aryl methyl sites for hydroxylation is 1. The Morgan fingerprint density at radius 3 is 2.62 bits per heavy atom. The summed E-state index contributed by atoms with van der Waals surface area (Å²) < 4.78 is 5.81. The Balaban J connectivity index is 2.40. The molecular weight excluding hydrogens is 198 g/mol. The molecule has 0 heterocycles. The summed E-state index contributed by atoms with van der Waals surface area (Å²) in [6.45, 7) is 4.08. The van der Waals surface area contributed by atoms with Crippen LogP contribution in [0.1, 0.15) is 25.3 Å². The zero-order valence-electron chi connectivity index (χ0n) is 10.7. The summed E-state index contributed by atoms with van der Waals surface area (Å²) in [6, 6.07) is 8.35. The van der Waals surface area contributed by atoms with Gasteiger partial charge in [0, 0.05) is 6.54 Å². The fraction of sp³-hybridized carbons (Fsp3) is 0.571. The first kappa shape index (κ1) is 13.0. The quantitative estimate of drug-likeness (QED) is 0.656. The van der Waals surface area contributed by atoms with Crippen LogP contribution in [0, 0.1) is 0 Å². The predicted molar refractivity (Wildman–Crippen MR) is 69.1 cm³/mol. The van der Waals surface area contributed by atoms with Crippen molar-refractivity contribution in [3.8, 4) is 5.75 Å². The van der Waals surface area contributed by atoms with E-state index in [2.05, 4.69) is 44.1 Å². The lowest BCUT2D eigenvalue weighted by molar-refractivity contribution is 0.279. The van der Waals surface area contributed by atoms with E-state index in [4.69, 9.17) is 4.74 Å². The van der Waals surface area contributed by atoms with Crippen LogP contribution in [0.3, 0.4) is 0 Å². The van der Waals surface area contributed by atoms with Crippen molar-refractivity contribution in [2.45, 2.75) is 26.2 Å². The lowest BCUT2D eigenvalue weighted by atomic mass is 10.1. The smallest absolute Gasteiger partial charge is 0.122 e. The van der Waals surface area contributed by atoms with Crippen molar-refractivity contribution in [2.24, 2.45) is 0 Å². The average Bonchev–Trinajstić information content (AvgIpc) is 2.26. The van der Waals surface area contributed by atoms with Crippen LogP contribution < -0.4 is 4.74 Å². The van der Waals surface area contributed by atoms with Crippen molar-refractivity contribution >= 4 is 0 Å². The molecule has 2 heteroatoms. The van der Waals surface area contributed by atoms with Gasteiger partial charge in [0.1, 0.15) is 5.75 Å². The molecule has 1 rings (SSSR count). The second-order valence-corrected chi connectivity index (χ2v) is 4.36. The van der Waals surface area contributed by atoms with Crippen LogP contribution >= 0.6 is 0 Å². The number of para-hydroxylation sites is 1. The Hall–Kier alpha value is -1.02. The van der Waals surface area contributed by atoms with E-state index in [1.807, 2.05) is 6.07 Å². The summed E-state index contributed by atoms with van der Waals surface area (Å²) in [5, 5.41) is 0. The van der Waals surface area contributed by atoms with Crippen LogP contribution in [-0.4, -0.2) is 32.1 Å². The zero-order chi connectivity index (χ0) is 11.8. The molecule has 0 aliphatic heterocycles. The summed E-state index contributed by atoms with van der Waals surface area (Å²) >= 11 is 0. The van der Waals surface area contributed by atoms with Crippen molar-refractivity contribution in [1.29, 1.82) is 0 Å². The van der Waals surface area contributed by atoms with E-state index in [1.54, 1.807) is 0 Å². The molecule has 0 saturated heterocycles. The number of benzene rings is 1. The molecule has 0 aliphatic carbocycles. The first-order chi connectivity index (χ1) is 7.74. The summed E-state index contributed by atoms with van der Waals surface area (Å²) in [5.74, 6) is 1.06. The topological polar surface area (TPSA) is 12.5 Å². The molecule has 1 aromatic carbocycles. The molecule has 0 saturated carbocycles. The Morgan fingerprint density at radius 1 is 1.19 bits per heavy atom. The first-order valence-electron chi connectivity index (χ1n) is 6.09. The molecule has 0 N–H and O–H groups in total. The highest BCUT2D eigenvalue weighted by atomic mass is 16.5. The molecule has 0 unspecified atom stereocenters. The van der Waals surface area contributed by atoms with Gasteiger partial charge >= 0.3 is 0 Å². The predicted octanol–water partition coefficient (Wildman–Crippen LogP) is 2.97. The molecule has 0 aromatic heterocycles. The summed E-state index contributed by atoms with van der Waals surface area (Å²) in [7, 11) is 4.18. The van der Waals surface area contributed by atoms with Crippen molar-refractivity contribution in [3.63, 3.8) is 0 Å². The minimum absolute atomic E-state index is 0.804. The van der Waals surface area contributed by atoms with Gasteiger partial charge in [0.25, 0.3) is 0 Å². The van der Waals surface area contributed by atoms with Gasteiger partial charge in [0.15, 0.2) is 0 Å². The molecule has 0 aliphatic rings. The summed E-state index contributed by atoms with van der Waals surface area (Å²) in [5.41, 5.74) is 1.33. The number of rotatable bonds is 7. The lowest BCUT2D eigenvalue weighted by Gasteiger charge is -2.12. The highest BCUT2D eigenvalue weighted by Gasteiger charge is 2.01. The van der Waals surface area contributed by atoms with Gasteiger partial charge < -0.3 is 9.64 Å². The number of hydrogen-bond acceptors (Lipinski definition) is 2. The van der Waals surface area contributed by atoms with Gasteiger partial charge in [0.2, 0.25) is 0 Å². The maximum atomic E-state index is 5.81. The Morgan fingerprint density at radius 2 is 1.94 bits per heavy atom. The number of nitrogens with zero attached hydrogens (tertiary/aromatic N) is 1. The molecule has 0 radical (unpaired) electrons. The number of hydrogen-bond donors (Lipinski definition) is 0. The van der Waals surface area contributed by atoms with E-state index in [0.29, 0.717) is 0 Å². The van der Waals surface area contributed by atoms with E-state index >= 15 is 0 Å². The normalized spacial score (nSPS) is 10.8. The monoisotopic (exact) mass is 221 g/mol. The fourth-order valence-corrected chi connectivity index (χ4v) is 1.68. The Bertz CT molecular complexity index is 297. The third-order valence-corrected chi connectivity index (χ3v) is 2.50. The maximum absolute atomic E-state index is 5.81.